The van der Waals surface area contributed by atoms with Gasteiger partial charge < -0.3 is 9.84 Å². The molecule has 0 heterocycles. The highest BCUT2D eigenvalue weighted by molar-refractivity contribution is 5.90. The number of benzene rings is 1. The SMILES string of the molecule is COC(=O)[C@]12CCCC(C)(C)[C@@H]1CCc1cc(C(C)C)c(C=O)c(O)c12. The van der Waals surface area contributed by atoms with Crippen molar-refractivity contribution in [2.45, 2.75) is 71.1 Å². The number of phenolic OH excluding ortho intramolecular Hbond substituents is 1. The predicted octanol–water partition coefficient (Wildman–Crippen LogP) is 4.51. The smallest absolute Gasteiger partial charge is 0.316 e. The Morgan fingerprint density at radius 1 is 1.35 bits per heavy atom. The Kier molecular flexibility index (Phi) is 4.66. The summed E-state index contributed by atoms with van der Waals surface area (Å²) in [5, 5.41) is 11.1. The third-order valence-corrected chi connectivity index (χ3v) is 6.82. The summed E-state index contributed by atoms with van der Waals surface area (Å²) in [6, 6.07) is 2.03. The number of aldehydes is 1. The second-order valence-electron chi connectivity index (χ2n) is 8.93. The van der Waals surface area contributed by atoms with Gasteiger partial charge in [0, 0.05) is 5.56 Å². The lowest BCUT2D eigenvalue weighted by Gasteiger charge is -2.54. The number of esters is 1. The number of carbonyl (C=O) groups excluding carboxylic acids is 2. The molecule has 4 nitrogen and oxygen atoms in total. The van der Waals surface area contributed by atoms with Crippen LogP contribution >= 0.6 is 0 Å². The lowest BCUT2D eigenvalue weighted by molar-refractivity contribution is -0.156. The normalized spacial score (nSPS) is 26.8. The number of aromatic hydroxyl groups is 1. The van der Waals surface area contributed by atoms with Crippen molar-refractivity contribution in [1.29, 1.82) is 0 Å². The Balaban J connectivity index is 2.35. The molecule has 2 aliphatic carbocycles. The highest BCUT2D eigenvalue weighted by Crippen LogP contribution is 2.60. The first kappa shape index (κ1) is 18.9. The number of hydrogen-bond acceptors (Lipinski definition) is 4. The van der Waals surface area contributed by atoms with Crippen molar-refractivity contribution in [3.63, 3.8) is 0 Å². The van der Waals surface area contributed by atoms with E-state index in [9.17, 15) is 14.7 Å². The van der Waals surface area contributed by atoms with E-state index in [4.69, 9.17) is 4.74 Å². The number of fused-ring (bicyclic) bond motifs is 3. The van der Waals surface area contributed by atoms with Gasteiger partial charge in [0.1, 0.15) is 11.2 Å². The van der Waals surface area contributed by atoms with Crippen LogP contribution in [0.2, 0.25) is 0 Å². The molecule has 0 aliphatic heterocycles. The monoisotopic (exact) mass is 358 g/mol. The number of aryl methyl sites for hydroxylation is 1. The van der Waals surface area contributed by atoms with Gasteiger partial charge >= 0.3 is 5.97 Å². The number of carbonyl (C=O) groups is 2. The van der Waals surface area contributed by atoms with Gasteiger partial charge in [-0.25, -0.2) is 0 Å². The highest BCUT2D eigenvalue weighted by atomic mass is 16.5. The number of methoxy groups -OCH3 is 1. The minimum atomic E-state index is -0.860. The zero-order valence-electron chi connectivity index (χ0n) is 16.5. The molecule has 2 atom stereocenters. The second kappa shape index (κ2) is 6.40. The van der Waals surface area contributed by atoms with Crippen LogP contribution in [0.25, 0.3) is 0 Å². The first-order valence-corrected chi connectivity index (χ1v) is 9.63. The molecule has 0 amide bonds. The number of ether oxygens (including phenoxy) is 1. The molecule has 1 fully saturated rings. The molecule has 1 N–H and O–H groups in total. The van der Waals surface area contributed by atoms with Crippen LogP contribution in [0.1, 0.15) is 86.3 Å². The summed E-state index contributed by atoms with van der Waals surface area (Å²) in [5.74, 6) is -0.0605. The summed E-state index contributed by atoms with van der Waals surface area (Å²) in [6.07, 6.45) is 5.05. The van der Waals surface area contributed by atoms with Gasteiger partial charge in [-0.3, -0.25) is 9.59 Å². The molecular formula is C22H30O4. The van der Waals surface area contributed by atoms with Crippen molar-refractivity contribution >= 4 is 12.3 Å². The molecule has 2 aliphatic rings. The van der Waals surface area contributed by atoms with Gasteiger partial charge in [0.05, 0.1) is 12.7 Å². The summed E-state index contributed by atoms with van der Waals surface area (Å²) in [4.78, 5) is 24.9. The lowest BCUT2D eigenvalue weighted by Crippen LogP contribution is -2.54. The van der Waals surface area contributed by atoms with Crippen molar-refractivity contribution in [2.24, 2.45) is 11.3 Å². The first-order valence-electron chi connectivity index (χ1n) is 9.63. The van der Waals surface area contributed by atoms with Crippen molar-refractivity contribution in [3.05, 3.63) is 28.3 Å². The zero-order chi connectivity index (χ0) is 19.3. The van der Waals surface area contributed by atoms with Crippen molar-refractivity contribution < 1.29 is 19.4 Å². The van der Waals surface area contributed by atoms with E-state index in [-0.39, 0.29) is 29.0 Å². The predicted molar refractivity (Wildman–Crippen MR) is 101 cm³/mol. The molecule has 0 unspecified atom stereocenters. The topological polar surface area (TPSA) is 63.6 Å². The van der Waals surface area contributed by atoms with Crippen LogP contribution in [0, 0.1) is 11.3 Å². The van der Waals surface area contributed by atoms with Gasteiger partial charge in [-0.15, -0.1) is 0 Å². The van der Waals surface area contributed by atoms with Gasteiger partial charge in [0.15, 0.2) is 6.29 Å². The molecule has 1 aromatic carbocycles. The van der Waals surface area contributed by atoms with E-state index in [0.717, 1.165) is 43.1 Å². The van der Waals surface area contributed by atoms with Crippen LogP contribution in [0.15, 0.2) is 6.07 Å². The van der Waals surface area contributed by atoms with Crippen LogP contribution in [-0.4, -0.2) is 24.5 Å². The molecule has 0 radical (unpaired) electrons. The largest absolute Gasteiger partial charge is 0.507 e. The summed E-state index contributed by atoms with van der Waals surface area (Å²) in [6.45, 7) is 8.44. The summed E-state index contributed by atoms with van der Waals surface area (Å²) < 4.78 is 5.27. The molecule has 4 heteroatoms. The standard InChI is InChI=1S/C22H30O4/c1-13(2)15-11-14-7-8-17-21(3,4)9-6-10-22(17,20(25)26-5)18(14)19(24)16(15)12-23/h11-13,17,24H,6-10H2,1-5H3/t17-,22+/m0/s1. The van der Waals surface area contributed by atoms with E-state index in [1.165, 1.54) is 7.11 Å². The van der Waals surface area contributed by atoms with E-state index in [1.54, 1.807) is 0 Å². The first-order chi connectivity index (χ1) is 12.2. The van der Waals surface area contributed by atoms with E-state index in [1.807, 2.05) is 19.9 Å². The fourth-order valence-corrected chi connectivity index (χ4v) is 5.66. The molecule has 1 aromatic rings. The van der Waals surface area contributed by atoms with E-state index in [2.05, 4.69) is 13.8 Å². The number of phenols is 1. The Bertz CT molecular complexity index is 747. The molecule has 0 spiro atoms. The summed E-state index contributed by atoms with van der Waals surface area (Å²) in [7, 11) is 1.42. The third-order valence-electron chi connectivity index (χ3n) is 6.82. The summed E-state index contributed by atoms with van der Waals surface area (Å²) >= 11 is 0. The van der Waals surface area contributed by atoms with Crippen LogP contribution in [0.4, 0.5) is 0 Å². The summed E-state index contributed by atoms with van der Waals surface area (Å²) in [5.41, 5.74) is 1.95. The van der Waals surface area contributed by atoms with Gasteiger partial charge in [-0.1, -0.05) is 40.2 Å². The maximum atomic E-state index is 13.1. The van der Waals surface area contributed by atoms with Gasteiger partial charge in [-0.2, -0.15) is 0 Å². The average Bonchev–Trinajstić information content (AvgIpc) is 2.59. The van der Waals surface area contributed by atoms with Crippen LogP contribution in [0.5, 0.6) is 5.75 Å². The molecule has 26 heavy (non-hydrogen) atoms. The van der Waals surface area contributed by atoms with Gasteiger partial charge in [0.25, 0.3) is 0 Å². The van der Waals surface area contributed by atoms with Crippen LogP contribution in [0.3, 0.4) is 0 Å². The Labute approximate surface area is 155 Å². The number of rotatable bonds is 3. The highest BCUT2D eigenvalue weighted by Gasteiger charge is 2.59. The van der Waals surface area contributed by atoms with Crippen molar-refractivity contribution in [1.82, 2.24) is 0 Å². The minimum Gasteiger partial charge on any atom is -0.507 e. The molecule has 0 aromatic heterocycles. The fraction of sp³-hybridized carbons (Fsp3) is 0.636. The second-order valence-corrected chi connectivity index (χ2v) is 8.93. The quantitative estimate of drug-likeness (QED) is 0.638. The van der Waals surface area contributed by atoms with Crippen LogP contribution in [-0.2, 0) is 21.4 Å². The average molecular weight is 358 g/mol. The van der Waals surface area contributed by atoms with Gasteiger partial charge in [-0.05, 0) is 54.1 Å². The van der Waals surface area contributed by atoms with E-state index >= 15 is 0 Å². The number of hydrogen-bond donors (Lipinski definition) is 1. The fourth-order valence-electron chi connectivity index (χ4n) is 5.66. The Morgan fingerprint density at radius 3 is 2.62 bits per heavy atom. The van der Waals surface area contributed by atoms with E-state index < -0.39 is 5.41 Å². The molecule has 0 bridgehead atoms. The molecule has 1 saturated carbocycles. The molecule has 3 rings (SSSR count). The lowest BCUT2D eigenvalue weighted by atomic mass is 9.49. The third kappa shape index (κ3) is 2.49. The molecule has 0 saturated heterocycles. The van der Waals surface area contributed by atoms with Crippen molar-refractivity contribution in [2.75, 3.05) is 7.11 Å². The molecular weight excluding hydrogens is 328 g/mol. The maximum Gasteiger partial charge on any atom is 0.316 e. The van der Waals surface area contributed by atoms with Crippen LogP contribution < -0.4 is 0 Å². The van der Waals surface area contributed by atoms with Crippen molar-refractivity contribution in [3.8, 4) is 5.75 Å². The zero-order valence-corrected chi connectivity index (χ0v) is 16.5. The maximum absolute atomic E-state index is 13.1. The Morgan fingerprint density at radius 2 is 2.04 bits per heavy atom. The van der Waals surface area contributed by atoms with Gasteiger partial charge in [0.2, 0.25) is 0 Å². The van der Waals surface area contributed by atoms with E-state index in [0.29, 0.717) is 17.5 Å². The Hall–Kier alpha value is -1.84. The molecule has 142 valence electrons. The minimum absolute atomic E-state index is 0.00556.